The van der Waals surface area contributed by atoms with E-state index in [1.807, 2.05) is 0 Å². The summed E-state index contributed by atoms with van der Waals surface area (Å²) in [7, 11) is 0. The predicted octanol–water partition coefficient (Wildman–Crippen LogP) is 5.19. The van der Waals surface area contributed by atoms with Crippen LogP contribution in [0.2, 0.25) is 0 Å². The van der Waals surface area contributed by atoms with E-state index in [9.17, 15) is 0 Å². The van der Waals surface area contributed by atoms with Gasteiger partial charge in [0.25, 0.3) is 0 Å². The van der Waals surface area contributed by atoms with E-state index in [0.717, 1.165) is 24.3 Å². The van der Waals surface area contributed by atoms with Crippen LogP contribution in [0.4, 0.5) is 0 Å². The summed E-state index contributed by atoms with van der Waals surface area (Å²) >= 11 is 0. The molecule has 1 nitrogen and oxygen atoms in total. The van der Waals surface area contributed by atoms with E-state index in [4.69, 9.17) is 0 Å². The molecule has 0 spiro atoms. The van der Waals surface area contributed by atoms with E-state index in [0.29, 0.717) is 6.04 Å². The molecule has 1 heteroatoms. The van der Waals surface area contributed by atoms with Crippen molar-refractivity contribution in [1.82, 2.24) is 5.32 Å². The van der Waals surface area contributed by atoms with Gasteiger partial charge in [0.15, 0.2) is 0 Å². The van der Waals surface area contributed by atoms with Crippen molar-refractivity contribution in [3.8, 4) is 0 Å². The Kier molecular flexibility index (Phi) is 6.09. The zero-order chi connectivity index (χ0) is 14.4. The maximum Gasteiger partial charge on any atom is 0.0320 e. The van der Waals surface area contributed by atoms with Crippen LogP contribution in [0.15, 0.2) is 30.3 Å². The summed E-state index contributed by atoms with van der Waals surface area (Å²) in [5, 5.41) is 3.66. The van der Waals surface area contributed by atoms with E-state index in [1.165, 1.54) is 37.7 Å². The second kappa shape index (κ2) is 7.83. The van der Waals surface area contributed by atoms with Gasteiger partial charge in [-0.2, -0.15) is 0 Å². The van der Waals surface area contributed by atoms with Crippen molar-refractivity contribution in [2.45, 2.75) is 58.9 Å². The highest BCUT2D eigenvalue weighted by Gasteiger charge is 2.25. The Morgan fingerprint density at radius 2 is 1.85 bits per heavy atom. The third-order valence-electron chi connectivity index (χ3n) is 5.22. The summed E-state index contributed by atoms with van der Waals surface area (Å²) in [4.78, 5) is 0. The molecule has 4 unspecified atom stereocenters. The first-order valence-corrected chi connectivity index (χ1v) is 8.49. The lowest BCUT2D eigenvalue weighted by Crippen LogP contribution is -2.24. The second-order valence-corrected chi connectivity index (χ2v) is 6.73. The zero-order valence-electron chi connectivity index (χ0n) is 13.4. The Morgan fingerprint density at radius 1 is 1.10 bits per heavy atom. The Balaban J connectivity index is 1.86. The molecule has 4 atom stereocenters. The largest absolute Gasteiger partial charge is 0.310 e. The zero-order valence-corrected chi connectivity index (χ0v) is 13.4. The minimum Gasteiger partial charge on any atom is -0.310 e. The molecule has 0 amide bonds. The van der Waals surface area contributed by atoms with Crippen molar-refractivity contribution in [2.75, 3.05) is 6.54 Å². The van der Waals surface area contributed by atoms with E-state index >= 15 is 0 Å². The molecule has 1 aliphatic carbocycles. The molecule has 1 saturated carbocycles. The van der Waals surface area contributed by atoms with Crippen LogP contribution in [0.5, 0.6) is 0 Å². The molecule has 112 valence electrons. The highest BCUT2D eigenvalue weighted by atomic mass is 14.9. The van der Waals surface area contributed by atoms with Gasteiger partial charge in [0.2, 0.25) is 0 Å². The average Bonchev–Trinajstić information content (AvgIpc) is 2.48. The fourth-order valence-electron chi connectivity index (χ4n) is 3.64. The maximum absolute atomic E-state index is 3.66. The topological polar surface area (TPSA) is 12.0 Å². The van der Waals surface area contributed by atoms with Gasteiger partial charge in [0, 0.05) is 6.04 Å². The Morgan fingerprint density at radius 3 is 2.50 bits per heavy atom. The van der Waals surface area contributed by atoms with Crippen LogP contribution in [-0.2, 0) is 0 Å². The fraction of sp³-hybridized carbons (Fsp3) is 0.684. The van der Waals surface area contributed by atoms with E-state index < -0.39 is 0 Å². The highest BCUT2D eigenvalue weighted by Crippen LogP contribution is 2.36. The monoisotopic (exact) mass is 273 g/mol. The van der Waals surface area contributed by atoms with Crippen LogP contribution in [0.25, 0.3) is 0 Å². The number of hydrogen-bond acceptors (Lipinski definition) is 1. The molecule has 2 rings (SSSR count). The number of hydrogen-bond donors (Lipinski definition) is 1. The highest BCUT2D eigenvalue weighted by molar-refractivity contribution is 5.18. The molecule has 20 heavy (non-hydrogen) atoms. The van der Waals surface area contributed by atoms with Gasteiger partial charge in [0.05, 0.1) is 0 Å². The molecule has 1 N–H and O–H groups in total. The third-order valence-corrected chi connectivity index (χ3v) is 5.22. The van der Waals surface area contributed by atoms with Crippen molar-refractivity contribution in [2.24, 2.45) is 17.8 Å². The van der Waals surface area contributed by atoms with E-state index in [2.05, 4.69) is 56.4 Å². The summed E-state index contributed by atoms with van der Waals surface area (Å²) in [6.45, 7) is 8.13. The van der Waals surface area contributed by atoms with Crippen molar-refractivity contribution < 1.29 is 0 Å². The van der Waals surface area contributed by atoms with E-state index in [-0.39, 0.29) is 0 Å². The molecule has 0 aliphatic heterocycles. The summed E-state index contributed by atoms with van der Waals surface area (Å²) in [5.41, 5.74) is 1.45. The maximum atomic E-state index is 3.66. The van der Waals surface area contributed by atoms with Gasteiger partial charge in [-0.05, 0) is 49.1 Å². The van der Waals surface area contributed by atoms with Gasteiger partial charge < -0.3 is 5.32 Å². The second-order valence-electron chi connectivity index (χ2n) is 6.73. The van der Waals surface area contributed by atoms with Crippen molar-refractivity contribution in [3.05, 3.63) is 35.9 Å². The molecule has 0 aromatic heterocycles. The van der Waals surface area contributed by atoms with E-state index in [1.54, 1.807) is 0 Å². The Hall–Kier alpha value is -0.820. The lowest BCUT2D eigenvalue weighted by molar-refractivity contribution is 0.194. The fourth-order valence-corrected chi connectivity index (χ4v) is 3.64. The quantitative estimate of drug-likeness (QED) is 0.752. The minimum absolute atomic E-state index is 0.538. The van der Waals surface area contributed by atoms with Crippen molar-refractivity contribution >= 4 is 0 Å². The molecular formula is C19H31N. The molecule has 0 heterocycles. The van der Waals surface area contributed by atoms with Crippen LogP contribution < -0.4 is 5.32 Å². The molecule has 1 aromatic carbocycles. The first-order valence-electron chi connectivity index (χ1n) is 8.49. The molecule has 1 fully saturated rings. The Labute approximate surface area is 125 Å². The third kappa shape index (κ3) is 4.34. The minimum atomic E-state index is 0.538. The molecule has 0 saturated heterocycles. The molecule has 1 aromatic rings. The first kappa shape index (κ1) is 15.6. The first-order chi connectivity index (χ1) is 9.70. The van der Waals surface area contributed by atoms with Crippen LogP contribution in [0.1, 0.15) is 64.5 Å². The van der Waals surface area contributed by atoms with Gasteiger partial charge in [-0.3, -0.25) is 0 Å². The van der Waals surface area contributed by atoms with Crippen LogP contribution in [-0.4, -0.2) is 6.54 Å². The van der Waals surface area contributed by atoms with Crippen LogP contribution >= 0.6 is 0 Å². The summed E-state index contributed by atoms with van der Waals surface area (Å²) in [5.74, 6) is 2.80. The summed E-state index contributed by atoms with van der Waals surface area (Å²) in [6, 6.07) is 11.5. The average molecular weight is 273 g/mol. The predicted molar refractivity (Wildman–Crippen MR) is 87.8 cm³/mol. The van der Waals surface area contributed by atoms with Gasteiger partial charge in [-0.25, -0.2) is 0 Å². The molecular weight excluding hydrogens is 242 g/mol. The van der Waals surface area contributed by atoms with Gasteiger partial charge in [-0.15, -0.1) is 0 Å². The van der Waals surface area contributed by atoms with Crippen molar-refractivity contribution in [1.29, 1.82) is 0 Å². The van der Waals surface area contributed by atoms with Crippen LogP contribution in [0, 0.1) is 17.8 Å². The summed E-state index contributed by atoms with van der Waals surface area (Å²) in [6.07, 6.45) is 6.98. The lowest BCUT2D eigenvalue weighted by atomic mass is 9.74. The van der Waals surface area contributed by atoms with Gasteiger partial charge >= 0.3 is 0 Å². The number of benzene rings is 1. The molecule has 0 radical (unpaired) electrons. The van der Waals surface area contributed by atoms with Gasteiger partial charge in [-0.1, -0.05) is 63.9 Å². The molecule has 0 bridgehead atoms. The standard InChI is InChI=1S/C19H31N/c1-4-20-19(18-8-6-5-7-9-18)13-12-17-11-10-15(2)16(3)14-17/h5-9,15-17,19-20H,4,10-14H2,1-3H3. The normalized spacial score (nSPS) is 28.2. The SMILES string of the molecule is CCNC(CCC1CCC(C)C(C)C1)c1ccccc1. The van der Waals surface area contributed by atoms with Crippen molar-refractivity contribution in [3.63, 3.8) is 0 Å². The summed E-state index contributed by atoms with van der Waals surface area (Å²) < 4.78 is 0. The number of nitrogens with one attached hydrogen (secondary N) is 1. The smallest absolute Gasteiger partial charge is 0.0320 e. The Bertz CT molecular complexity index is 373. The van der Waals surface area contributed by atoms with Gasteiger partial charge in [0.1, 0.15) is 0 Å². The number of rotatable bonds is 6. The van der Waals surface area contributed by atoms with Crippen LogP contribution in [0.3, 0.4) is 0 Å². The molecule has 1 aliphatic rings. The lowest BCUT2D eigenvalue weighted by Gasteiger charge is -2.33.